The molecule has 0 spiro atoms. The maximum absolute atomic E-state index is 11.2. The number of hydrogen-bond acceptors (Lipinski definition) is 1. The normalized spacial score (nSPS) is 36.5. The zero-order valence-corrected chi connectivity index (χ0v) is 8.58. The lowest BCUT2D eigenvalue weighted by atomic mass is 10.0. The lowest BCUT2D eigenvalue weighted by Crippen LogP contribution is -2.29. The fourth-order valence-electron chi connectivity index (χ4n) is 2.21. The smallest absolute Gasteiger partial charge is 0.222 e. The van der Waals surface area contributed by atoms with E-state index >= 15 is 0 Å². The van der Waals surface area contributed by atoms with Crippen molar-refractivity contribution in [3.8, 4) is 0 Å². The van der Waals surface area contributed by atoms with E-state index in [2.05, 4.69) is 27.5 Å². The highest BCUT2D eigenvalue weighted by atomic mass is 127. The van der Waals surface area contributed by atoms with Gasteiger partial charge in [0.05, 0.1) is 0 Å². The van der Waals surface area contributed by atoms with Crippen LogP contribution in [0.25, 0.3) is 0 Å². The van der Waals surface area contributed by atoms with Crippen LogP contribution in [-0.2, 0) is 4.79 Å². The molecule has 62 valence electrons. The van der Waals surface area contributed by atoms with Gasteiger partial charge in [-0.05, 0) is 18.8 Å². The quantitative estimate of drug-likeness (QED) is 0.519. The van der Waals surface area contributed by atoms with E-state index in [-0.39, 0.29) is 0 Å². The van der Waals surface area contributed by atoms with Crippen molar-refractivity contribution in [1.82, 2.24) is 4.90 Å². The van der Waals surface area contributed by atoms with Crippen LogP contribution in [0.2, 0.25) is 0 Å². The van der Waals surface area contributed by atoms with Gasteiger partial charge in [-0.1, -0.05) is 22.6 Å². The largest absolute Gasteiger partial charge is 0.339 e. The van der Waals surface area contributed by atoms with Crippen LogP contribution in [-0.4, -0.2) is 27.8 Å². The Kier molecular flexibility index (Phi) is 2.08. The Balaban J connectivity index is 2.10. The summed E-state index contributed by atoms with van der Waals surface area (Å²) >= 11 is 2.43. The molecule has 11 heavy (non-hydrogen) atoms. The molecule has 2 heterocycles. The first-order valence-corrected chi connectivity index (χ1v) is 5.71. The molecule has 0 unspecified atom stereocenters. The lowest BCUT2D eigenvalue weighted by molar-refractivity contribution is -0.127. The molecule has 0 radical (unpaired) electrons. The Hall–Kier alpha value is 0.200. The van der Waals surface area contributed by atoms with Gasteiger partial charge in [-0.2, -0.15) is 0 Å². The van der Waals surface area contributed by atoms with E-state index in [1.54, 1.807) is 0 Å². The third-order valence-electron chi connectivity index (χ3n) is 2.86. The van der Waals surface area contributed by atoms with Crippen molar-refractivity contribution in [3.05, 3.63) is 0 Å². The van der Waals surface area contributed by atoms with Crippen molar-refractivity contribution in [1.29, 1.82) is 0 Å². The Morgan fingerprint density at radius 1 is 1.55 bits per heavy atom. The fourth-order valence-corrected chi connectivity index (χ4v) is 3.24. The number of hydrogen-bond donors (Lipinski definition) is 0. The summed E-state index contributed by atoms with van der Waals surface area (Å²) in [5, 5.41) is 0. The molecule has 0 saturated carbocycles. The second-order valence-electron chi connectivity index (χ2n) is 3.40. The first kappa shape index (κ1) is 7.83. The van der Waals surface area contributed by atoms with Crippen LogP contribution in [0.15, 0.2) is 0 Å². The van der Waals surface area contributed by atoms with Crippen molar-refractivity contribution in [3.63, 3.8) is 0 Å². The SMILES string of the molecule is O=C1CC[C@H]2[C@H](CI)CCN12. The molecule has 0 aliphatic carbocycles. The van der Waals surface area contributed by atoms with Crippen molar-refractivity contribution in [2.24, 2.45) is 5.92 Å². The number of alkyl halides is 1. The summed E-state index contributed by atoms with van der Waals surface area (Å²) in [7, 11) is 0. The number of carbonyl (C=O) groups is 1. The summed E-state index contributed by atoms with van der Waals surface area (Å²) in [6, 6.07) is 0.611. The van der Waals surface area contributed by atoms with Crippen molar-refractivity contribution >= 4 is 28.5 Å². The highest BCUT2D eigenvalue weighted by Crippen LogP contribution is 2.34. The molecule has 2 rings (SSSR count). The minimum Gasteiger partial charge on any atom is -0.339 e. The van der Waals surface area contributed by atoms with Crippen LogP contribution in [0.4, 0.5) is 0 Å². The molecule has 1 amide bonds. The lowest BCUT2D eigenvalue weighted by Gasteiger charge is -2.18. The van der Waals surface area contributed by atoms with Crippen LogP contribution in [0, 0.1) is 5.92 Å². The number of amides is 1. The van der Waals surface area contributed by atoms with Gasteiger partial charge < -0.3 is 4.90 Å². The van der Waals surface area contributed by atoms with Gasteiger partial charge in [0.25, 0.3) is 0 Å². The highest BCUT2D eigenvalue weighted by molar-refractivity contribution is 14.1. The monoisotopic (exact) mass is 265 g/mol. The van der Waals surface area contributed by atoms with Gasteiger partial charge in [0.1, 0.15) is 0 Å². The number of nitrogens with zero attached hydrogens (tertiary/aromatic N) is 1. The van der Waals surface area contributed by atoms with E-state index in [1.165, 1.54) is 10.8 Å². The molecule has 2 aliphatic rings. The van der Waals surface area contributed by atoms with Gasteiger partial charge in [-0.15, -0.1) is 0 Å². The minimum absolute atomic E-state index is 0.391. The number of halogens is 1. The Labute approximate surface area is 80.5 Å². The van der Waals surface area contributed by atoms with Gasteiger partial charge in [0.2, 0.25) is 5.91 Å². The van der Waals surface area contributed by atoms with E-state index in [4.69, 9.17) is 0 Å². The van der Waals surface area contributed by atoms with E-state index in [0.717, 1.165) is 25.3 Å². The zero-order valence-electron chi connectivity index (χ0n) is 6.42. The third-order valence-corrected chi connectivity index (χ3v) is 3.99. The topological polar surface area (TPSA) is 20.3 Å². The molecule has 2 atom stereocenters. The van der Waals surface area contributed by atoms with Crippen molar-refractivity contribution < 1.29 is 4.79 Å². The second kappa shape index (κ2) is 2.92. The predicted molar refractivity (Wildman–Crippen MR) is 51.7 cm³/mol. The van der Waals surface area contributed by atoms with Crippen LogP contribution in [0.3, 0.4) is 0 Å². The summed E-state index contributed by atoms with van der Waals surface area (Å²) in [6.07, 6.45) is 3.16. The Bertz CT molecular complexity index is 183. The van der Waals surface area contributed by atoms with Gasteiger partial charge in [0, 0.05) is 23.4 Å². The minimum atomic E-state index is 0.391. The average Bonchev–Trinajstić information content (AvgIpc) is 2.53. The summed E-state index contributed by atoms with van der Waals surface area (Å²) in [4.78, 5) is 13.3. The third kappa shape index (κ3) is 1.17. The number of carbonyl (C=O) groups excluding carboxylic acids is 1. The van der Waals surface area contributed by atoms with E-state index < -0.39 is 0 Å². The average molecular weight is 265 g/mol. The molecule has 0 aromatic heterocycles. The summed E-state index contributed by atoms with van der Waals surface area (Å²) < 4.78 is 1.21. The van der Waals surface area contributed by atoms with Crippen LogP contribution < -0.4 is 0 Å². The van der Waals surface area contributed by atoms with Crippen LogP contribution >= 0.6 is 22.6 Å². The van der Waals surface area contributed by atoms with Gasteiger partial charge in [-0.25, -0.2) is 0 Å². The molecule has 0 N–H and O–H groups in total. The van der Waals surface area contributed by atoms with E-state index in [9.17, 15) is 4.79 Å². The van der Waals surface area contributed by atoms with Crippen molar-refractivity contribution in [2.75, 3.05) is 11.0 Å². The molecule has 2 saturated heterocycles. The van der Waals surface area contributed by atoms with Crippen molar-refractivity contribution in [2.45, 2.75) is 25.3 Å². The van der Waals surface area contributed by atoms with Crippen LogP contribution in [0.1, 0.15) is 19.3 Å². The standard InChI is InChI=1S/C8H12INO/c9-5-6-3-4-10-7(6)1-2-8(10)11/h6-7H,1-5H2/t6-,7-/m0/s1. The summed E-state index contributed by atoms with van der Waals surface area (Å²) in [6.45, 7) is 1.02. The summed E-state index contributed by atoms with van der Waals surface area (Å²) in [5.41, 5.74) is 0. The molecular formula is C8H12INO. The molecule has 2 nitrogen and oxygen atoms in total. The molecule has 2 fully saturated rings. The Morgan fingerprint density at radius 3 is 3.09 bits per heavy atom. The molecule has 0 aromatic carbocycles. The number of rotatable bonds is 1. The first-order valence-electron chi connectivity index (χ1n) is 4.18. The van der Waals surface area contributed by atoms with Crippen LogP contribution in [0.5, 0.6) is 0 Å². The molecule has 3 heteroatoms. The maximum Gasteiger partial charge on any atom is 0.222 e. The predicted octanol–water partition coefficient (Wildman–Crippen LogP) is 1.43. The number of fused-ring (bicyclic) bond motifs is 1. The highest BCUT2D eigenvalue weighted by Gasteiger charge is 2.40. The molecule has 0 bridgehead atoms. The fraction of sp³-hybridized carbons (Fsp3) is 0.875. The maximum atomic E-state index is 11.2. The zero-order chi connectivity index (χ0) is 7.84. The summed E-state index contributed by atoms with van der Waals surface area (Å²) in [5.74, 6) is 1.18. The van der Waals surface area contributed by atoms with E-state index in [0.29, 0.717) is 11.9 Å². The molecule has 0 aromatic rings. The van der Waals surface area contributed by atoms with E-state index in [1.807, 2.05) is 0 Å². The van der Waals surface area contributed by atoms with Gasteiger partial charge in [0.15, 0.2) is 0 Å². The second-order valence-corrected chi connectivity index (χ2v) is 4.28. The molecule has 2 aliphatic heterocycles. The molecular weight excluding hydrogens is 253 g/mol. The Morgan fingerprint density at radius 2 is 2.36 bits per heavy atom. The van der Waals surface area contributed by atoms with Gasteiger partial charge in [-0.3, -0.25) is 4.79 Å². The van der Waals surface area contributed by atoms with Gasteiger partial charge >= 0.3 is 0 Å². The first-order chi connectivity index (χ1) is 5.33.